The highest BCUT2D eigenvalue weighted by Crippen LogP contribution is 2.12. The molecule has 0 aliphatic carbocycles. The monoisotopic (exact) mass is 406 g/mol. The molecule has 1 heterocycles. The summed E-state index contributed by atoms with van der Waals surface area (Å²) in [5.74, 6) is 0. The molecule has 0 atom stereocenters. The Morgan fingerprint density at radius 2 is 2.00 bits per heavy atom. The van der Waals surface area contributed by atoms with Crippen molar-refractivity contribution in [3.63, 3.8) is 0 Å². The van der Waals surface area contributed by atoms with Gasteiger partial charge in [0, 0.05) is 3.57 Å². The van der Waals surface area contributed by atoms with Crippen LogP contribution in [0.1, 0.15) is 5.69 Å². The highest BCUT2D eigenvalue weighted by atomic mass is 127. The van der Waals surface area contributed by atoms with E-state index in [1.54, 1.807) is 12.1 Å². The number of nitrogens with one attached hydrogen (secondary N) is 1. The fraction of sp³-hybridized carbons (Fsp3) is 0.182. The van der Waals surface area contributed by atoms with Crippen molar-refractivity contribution in [3.8, 4) is 0 Å². The first-order valence-corrected chi connectivity index (χ1v) is 8.15. The van der Waals surface area contributed by atoms with E-state index < -0.39 is 10.0 Å². The first-order chi connectivity index (χ1) is 9.51. The lowest BCUT2D eigenvalue weighted by atomic mass is 10.4. The van der Waals surface area contributed by atoms with E-state index in [4.69, 9.17) is 0 Å². The van der Waals surface area contributed by atoms with Gasteiger partial charge in [0.2, 0.25) is 10.0 Å². The molecular formula is C11H11IN4O3S. The highest BCUT2D eigenvalue weighted by Gasteiger charge is 2.14. The number of hydrogen-bond donors (Lipinski definition) is 1. The lowest BCUT2D eigenvalue weighted by Crippen LogP contribution is -2.23. The molecule has 1 aromatic carbocycles. The summed E-state index contributed by atoms with van der Waals surface area (Å²) in [5, 5.41) is 7.46. The van der Waals surface area contributed by atoms with Crippen LogP contribution in [0.3, 0.4) is 0 Å². The summed E-state index contributed by atoms with van der Waals surface area (Å²) < 4.78 is 28.8. The molecule has 2 aromatic rings. The van der Waals surface area contributed by atoms with Crippen LogP contribution < -0.4 is 4.72 Å². The SMILES string of the molecule is O=CCn1cc(CNS(=O)(=O)c2ccc(I)cc2)nn1. The van der Waals surface area contributed by atoms with Crippen LogP contribution in [0.4, 0.5) is 0 Å². The van der Waals surface area contributed by atoms with E-state index in [1.165, 1.54) is 23.0 Å². The van der Waals surface area contributed by atoms with Crippen molar-refractivity contribution in [1.82, 2.24) is 19.7 Å². The van der Waals surface area contributed by atoms with Crippen LogP contribution in [-0.4, -0.2) is 29.7 Å². The molecule has 0 spiro atoms. The summed E-state index contributed by atoms with van der Waals surface area (Å²) in [7, 11) is -3.58. The van der Waals surface area contributed by atoms with Crippen molar-refractivity contribution in [2.24, 2.45) is 0 Å². The van der Waals surface area contributed by atoms with Gasteiger partial charge < -0.3 is 4.79 Å². The second-order valence-corrected chi connectivity index (χ2v) is 6.89. The van der Waals surface area contributed by atoms with Gasteiger partial charge in [-0.05, 0) is 46.9 Å². The van der Waals surface area contributed by atoms with Gasteiger partial charge in [-0.1, -0.05) is 5.21 Å². The zero-order valence-corrected chi connectivity index (χ0v) is 13.2. The molecule has 0 aliphatic rings. The topological polar surface area (TPSA) is 94.0 Å². The molecule has 0 fully saturated rings. The lowest BCUT2D eigenvalue weighted by molar-refractivity contribution is -0.108. The van der Waals surface area contributed by atoms with Gasteiger partial charge in [-0.3, -0.25) is 0 Å². The summed E-state index contributed by atoms with van der Waals surface area (Å²) in [4.78, 5) is 10.5. The predicted molar refractivity (Wildman–Crippen MR) is 79.3 cm³/mol. The molecule has 0 radical (unpaired) electrons. The normalized spacial score (nSPS) is 11.4. The van der Waals surface area contributed by atoms with Gasteiger partial charge in [-0.2, -0.15) is 0 Å². The standard InChI is InChI=1S/C11H11IN4O3S/c12-9-1-3-11(4-2-9)20(18,19)13-7-10-8-16(5-6-17)15-14-10/h1-4,6,8,13H,5,7H2. The first-order valence-electron chi connectivity index (χ1n) is 5.59. The lowest BCUT2D eigenvalue weighted by Gasteiger charge is -2.04. The van der Waals surface area contributed by atoms with E-state index in [9.17, 15) is 13.2 Å². The smallest absolute Gasteiger partial charge is 0.240 e. The van der Waals surface area contributed by atoms with E-state index in [0.29, 0.717) is 12.0 Å². The summed E-state index contributed by atoms with van der Waals surface area (Å²) in [5.41, 5.74) is 0.445. The number of carbonyl (C=O) groups excluding carboxylic acids is 1. The van der Waals surface area contributed by atoms with Crippen molar-refractivity contribution in [3.05, 3.63) is 39.7 Å². The van der Waals surface area contributed by atoms with Gasteiger partial charge in [-0.25, -0.2) is 17.8 Å². The maximum absolute atomic E-state index is 12.0. The predicted octanol–water partition coefficient (Wildman–Crippen LogP) is 0.560. The molecule has 2 rings (SSSR count). The van der Waals surface area contributed by atoms with Crippen molar-refractivity contribution in [1.29, 1.82) is 0 Å². The van der Waals surface area contributed by atoms with Gasteiger partial charge in [0.15, 0.2) is 0 Å². The van der Waals surface area contributed by atoms with Crippen LogP contribution in [0, 0.1) is 3.57 Å². The zero-order valence-electron chi connectivity index (χ0n) is 10.2. The van der Waals surface area contributed by atoms with Crippen LogP contribution in [0.2, 0.25) is 0 Å². The third kappa shape index (κ3) is 3.84. The minimum Gasteiger partial charge on any atom is -0.301 e. The molecule has 20 heavy (non-hydrogen) atoms. The molecule has 1 aromatic heterocycles. The molecule has 0 saturated carbocycles. The Kier molecular flexibility index (Phi) is 4.83. The number of aldehydes is 1. The van der Waals surface area contributed by atoms with Gasteiger partial charge in [-0.15, -0.1) is 5.10 Å². The zero-order chi connectivity index (χ0) is 14.6. The van der Waals surface area contributed by atoms with Crippen LogP contribution >= 0.6 is 22.6 Å². The van der Waals surface area contributed by atoms with Gasteiger partial charge >= 0.3 is 0 Å². The fourth-order valence-electron chi connectivity index (χ4n) is 1.45. The summed E-state index contributed by atoms with van der Waals surface area (Å²) >= 11 is 2.10. The number of carbonyl (C=O) groups is 1. The molecule has 106 valence electrons. The summed E-state index contributed by atoms with van der Waals surface area (Å²) in [6.45, 7) is 0.115. The van der Waals surface area contributed by atoms with Crippen molar-refractivity contribution >= 4 is 38.9 Å². The van der Waals surface area contributed by atoms with Crippen molar-refractivity contribution in [2.45, 2.75) is 18.0 Å². The minimum atomic E-state index is -3.58. The average Bonchev–Trinajstić information content (AvgIpc) is 2.85. The Balaban J connectivity index is 2.04. The van der Waals surface area contributed by atoms with Gasteiger partial charge in [0.25, 0.3) is 0 Å². The molecule has 7 nitrogen and oxygen atoms in total. The first kappa shape index (κ1) is 15.1. The maximum atomic E-state index is 12.0. The number of rotatable bonds is 6. The van der Waals surface area contributed by atoms with Crippen LogP contribution in [0.25, 0.3) is 0 Å². The molecule has 1 N–H and O–H groups in total. The van der Waals surface area contributed by atoms with E-state index in [1.807, 2.05) is 0 Å². The second kappa shape index (κ2) is 6.41. The van der Waals surface area contributed by atoms with Gasteiger partial charge in [0.05, 0.1) is 29.9 Å². The molecule has 0 amide bonds. The number of aromatic nitrogens is 3. The van der Waals surface area contributed by atoms with E-state index in [-0.39, 0.29) is 18.0 Å². The van der Waals surface area contributed by atoms with Crippen LogP contribution in [-0.2, 0) is 27.9 Å². The molecule has 0 saturated heterocycles. The summed E-state index contributed by atoms with van der Waals surface area (Å²) in [6.07, 6.45) is 2.21. The molecule has 0 bridgehead atoms. The van der Waals surface area contributed by atoms with Crippen molar-refractivity contribution < 1.29 is 13.2 Å². The third-order valence-corrected chi connectivity index (χ3v) is 4.55. The highest BCUT2D eigenvalue weighted by molar-refractivity contribution is 14.1. The molecule has 0 unspecified atom stereocenters. The fourth-order valence-corrected chi connectivity index (χ4v) is 2.81. The second-order valence-electron chi connectivity index (χ2n) is 3.88. The Labute approximate surface area is 129 Å². The summed E-state index contributed by atoms with van der Waals surface area (Å²) in [6, 6.07) is 6.51. The Bertz CT molecular complexity index is 697. The van der Waals surface area contributed by atoms with E-state index in [2.05, 4.69) is 37.6 Å². The minimum absolute atomic E-state index is 0.0210. The molecule has 9 heteroatoms. The number of halogens is 1. The van der Waals surface area contributed by atoms with E-state index in [0.717, 1.165) is 3.57 Å². The number of benzene rings is 1. The largest absolute Gasteiger partial charge is 0.301 e. The maximum Gasteiger partial charge on any atom is 0.240 e. The number of hydrogen-bond acceptors (Lipinski definition) is 5. The molecular weight excluding hydrogens is 395 g/mol. The Morgan fingerprint density at radius 1 is 1.30 bits per heavy atom. The van der Waals surface area contributed by atoms with Crippen molar-refractivity contribution in [2.75, 3.05) is 0 Å². The van der Waals surface area contributed by atoms with Crippen LogP contribution in [0.5, 0.6) is 0 Å². The average molecular weight is 406 g/mol. The third-order valence-electron chi connectivity index (χ3n) is 2.41. The Morgan fingerprint density at radius 3 is 2.65 bits per heavy atom. The van der Waals surface area contributed by atoms with Gasteiger partial charge in [0.1, 0.15) is 6.29 Å². The van der Waals surface area contributed by atoms with Crippen LogP contribution in [0.15, 0.2) is 35.4 Å². The molecule has 0 aliphatic heterocycles. The Hall–Kier alpha value is -1.33. The number of nitrogens with zero attached hydrogens (tertiary/aromatic N) is 3. The van der Waals surface area contributed by atoms with E-state index >= 15 is 0 Å². The quantitative estimate of drug-likeness (QED) is 0.559. The number of sulfonamides is 1.